The van der Waals surface area contributed by atoms with Crippen LogP contribution in [0.25, 0.3) is 0 Å². The fraction of sp³-hybridized carbons (Fsp3) is 0.824. The number of hydrogen-bond acceptors (Lipinski definition) is 12. The molecular weight excluding hydrogens is 791 g/mol. The Morgan fingerprint density at radius 3 is 1.31 bits per heavy atom. The van der Waals surface area contributed by atoms with Crippen LogP contribution in [0.5, 0.6) is 0 Å². The van der Waals surface area contributed by atoms with Gasteiger partial charge in [-0.1, -0.05) is 27.7 Å². The molecule has 0 saturated heterocycles. The highest BCUT2D eigenvalue weighted by Gasteiger charge is 2.34. The van der Waals surface area contributed by atoms with Gasteiger partial charge in [-0.2, -0.15) is 0 Å². The van der Waals surface area contributed by atoms with Crippen molar-refractivity contribution >= 4 is 46.4 Å². The van der Waals surface area contributed by atoms with Crippen LogP contribution in [0.4, 0.5) is 0 Å². The maximum atomic E-state index is 12.5. The molecule has 328 valence electrons. The highest BCUT2D eigenvalue weighted by Crippen LogP contribution is 2.20. The first-order valence-electron chi connectivity index (χ1n) is 17.8. The molecule has 0 aromatic carbocycles. The van der Waals surface area contributed by atoms with E-state index in [9.17, 15) is 39.0 Å². The Bertz CT molecular complexity index is 1110. The first-order chi connectivity index (χ1) is 24.5. The van der Waals surface area contributed by atoms with E-state index in [1.54, 1.807) is 20.8 Å². The van der Waals surface area contributed by atoms with E-state index in [0.29, 0.717) is 48.1 Å². The molecule has 0 aliphatic heterocycles. The molecule has 0 aliphatic rings. The number of ether oxygens (including phenoxy) is 3. The monoisotopic (exact) mass is 858 g/mol. The van der Waals surface area contributed by atoms with Gasteiger partial charge in [-0.25, -0.2) is 4.79 Å². The first kappa shape index (κ1) is 61.8. The molecule has 0 aliphatic carbocycles. The number of esters is 1. The fourth-order valence-corrected chi connectivity index (χ4v) is 5.03. The van der Waals surface area contributed by atoms with Gasteiger partial charge in [0.2, 0.25) is 36.1 Å². The van der Waals surface area contributed by atoms with Crippen molar-refractivity contribution in [1.82, 2.24) is 10.6 Å². The zero-order chi connectivity index (χ0) is 41.9. The largest absolute Gasteiger partial charge is 1.00 e. The van der Waals surface area contributed by atoms with Crippen LogP contribution in [0, 0.1) is 23.7 Å². The van der Waals surface area contributed by atoms with Crippen LogP contribution >= 0.6 is 11.6 Å². The van der Waals surface area contributed by atoms with Gasteiger partial charge >= 0.3 is 5.97 Å². The number of rotatable bonds is 25. The van der Waals surface area contributed by atoms with E-state index in [2.05, 4.69) is 34.0 Å². The molecule has 0 aromatic heterocycles. The molecular formula is C34H69Cl3N6O12. The SMILES string of the molecule is CCC[N+](C)(C)CCC(C(=O)NC(O)C(=O)Cl)C(C)C(N)=O.CCC[N+](C)(C)CCC(C(=O)NC(O)C(=O)OCOCC)C(C)C(N)=O.CCOCO.[Cl-].[Cl-]. The van der Waals surface area contributed by atoms with Crippen LogP contribution in [0.2, 0.25) is 0 Å². The van der Waals surface area contributed by atoms with Crippen LogP contribution in [0.15, 0.2) is 0 Å². The molecule has 18 nitrogen and oxygen atoms in total. The van der Waals surface area contributed by atoms with Crippen molar-refractivity contribution in [2.75, 3.05) is 81.2 Å². The summed E-state index contributed by atoms with van der Waals surface area (Å²) in [5.41, 5.74) is 10.6. The summed E-state index contributed by atoms with van der Waals surface area (Å²) in [5, 5.41) is 30.2. The van der Waals surface area contributed by atoms with E-state index in [-0.39, 0.29) is 38.4 Å². The number of amides is 4. The summed E-state index contributed by atoms with van der Waals surface area (Å²) in [6.45, 7) is 14.4. The maximum absolute atomic E-state index is 12.5. The maximum Gasteiger partial charge on any atom is 0.358 e. The van der Waals surface area contributed by atoms with Gasteiger partial charge in [0.05, 0.1) is 66.2 Å². The Balaban J connectivity index is -0.000000263. The van der Waals surface area contributed by atoms with Gasteiger partial charge in [0.15, 0.2) is 6.79 Å². The lowest BCUT2D eigenvalue weighted by atomic mass is 9.89. The molecule has 4 amide bonds. The Morgan fingerprint density at radius 1 is 0.673 bits per heavy atom. The average molecular weight is 860 g/mol. The highest BCUT2D eigenvalue weighted by atomic mass is 35.5. The van der Waals surface area contributed by atoms with Crippen molar-refractivity contribution in [2.24, 2.45) is 35.1 Å². The fourth-order valence-electron chi connectivity index (χ4n) is 4.98. The molecule has 21 heteroatoms. The minimum atomic E-state index is -1.83. The van der Waals surface area contributed by atoms with Crippen LogP contribution in [0.3, 0.4) is 0 Å². The van der Waals surface area contributed by atoms with Crippen molar-refractivity contribution in [3.05, 3.63) is 0 Å². The predicted molar refractivity (Wildman–Crippen MR) is 198 cm³/mol. The summed E-state index contributed by atoms with van der Waals surface area (Å²) in [7, 11) is 8.13. The topological polar surface area (TPSA) is 267 Å². The number of hydrogen-bond donors (Lipinski definition) is 7. The van der Waals surface area contributed by atoms with E-state index in [1.165, 1.54) is 0 Å². The third-order valence-corrected chi connectivity index (χ3v) is 8.51. The third kappa shape index (κ3) is 30.4. The second-order valence-corrected chi connectivity index (χ2v) is 14.1. The average Bonchev–Trinajstić information content (AvgIpc) is 3.05. The van der Waals surface area contributed by atoms with Crippen LogP contribution in [0.1, 0.15) is 67.2 Å². The minimum Gasteiger partial charge on any atom is -1.00 e. The molecule has 0 radical (unpaired) electrons. The summed E-state index contributed by atoms with van der Waals surface area (Å²) in [6, 6.07) is 0. The van der Waals surface area contributed by atoms with E-state index in [0.717, 1.165) is 25.9 Å². The Labute approximate surface area is 344 Å². The molecule has 0 heterocycles. The minimum absolute atomic E-state index is 0. The van der Waals surface area contributed by atoms with Crippen molar-refractivity contribution in [3.63, 3.8) is 0 Å². The lowest BCUT2D eigenvalue weighted by molar-refractivity contribution is -0.890. The van der Waals surface area contributed by atoms with Gasteiger partial charge in [0.25, 0.3) is 5.24 Å². The van der Waals surface area contributed by atoms with E-state index >= 15 is 0 Å². The number of quaternary nitrogens is 2. The van der Waals surface area contributed by atoms with E-state index in [4.69, 9.17) is 32.9 Å². The van der Waals surface area contributed by atoms with Crippen LogP contribution < -0.4 is 46.9 Å². The van der Waals surface area contributed by atoms with Gasteiger partial charge in [0.1, 0.15) is 6.79 Å². The second kappa shape index (κ2) is 33.7. The predicted octanol–water partition coefficient (Wildman–Crippen LogP) is -6.65. The standard InChI is InChI=1S/C17H33N3O6.C14H26ClN3O4.C3H8O2.2ClH/c1-6-9-20(4,5)10-8-13(12(3)14(18)21)15(22)19-16(23)17(24)26-11-25-7-2;1-5-7-18(3,4)8-6-10(9(2)12(16)20)13(21)17-14(22)11(15)19;1-2-5-3-4;;/h12-13,16,23H,6-11H2,1-5H3,(H2-,18,19,21,22);9-10,14,22H,5-8H2,1-4H3,(H2-,16,17,20,21);4H,2-3H2,1H3;2*1H. The van der Waals surface area contributed by atoms with Crippen molar-refractivity contribution in [3.8, 4) is 0 Å². The molecule has 0 aromatic rings. The van der Waals surface area contributed by atoms with Crippen LogP contribution in [-0.4, -0.2) is 153 Å². The van der Waals surface area contributed by atoms with Crippen LogP contribution in [-0.2, 0) is 43.0 Å². The van der Waals surface area contributed by atoms with Crippen molar-refractivity contribution in [1.29, 1.82) is 0 Å². The molecule has 55 heavy (non-hydrogen) atoms. The lowest BCUT2D eigenvalue weighted by Gasteiger charge is -2.32. The molecule has 0 saturated carbocycles. The summed E-state index contributed by atoms with van der Waals surface area (Å²) >= 11 is 5.11. The lowest BCUT2D eigenvalue weighted by Crippen LogP contribution is -3.00. The number of aliphatic hydroxyl groups is 3. The number of nitrogens with one attached hydrogen (secondary N) is 2. The van der Waals surface area contributed by atoms with Crippen molar-refractivity contribution in [2.45, 2.75) is 79.7 Å². The van der Waals surface area contributed by atoms with Gasteiger partial charge < -0.3 is 85.4 Å². The molecule has 9 N–H and O–H groups in total. The normalized spacial score (nSPS) is 14.1. The highest BCUT2D eigenvalue weighted by molar-refractivity contribution is 6.64. The van der Waals surface area contributed by atoms with E-state index < -0.39 is 71.0 Å². The number of aliphatic hydroxyl groups excluding tert-OH is 3. The number of carbonyl (C=O) groups excluding carboxylic acids is 6. The van der Waals surface area contributed by atoms with Gasteiger partial charge in [-0.05, 0) is 38.3 Å². The summed E-state index contributed by atoms with van der Waals surface area (Å²) < 4.78 is 15.3. The summed E-state index contributed by atoms with van der Waals surface area (Å²) in [6.07, 6.45) is -0.831. The third-order valence-electron chi connectivity index (χ3n) is 8.31. The van der Waals surface area contributed by atoms with E-state index in [1.807, 2.05) is 35.1 Å². The Kier molecular flexibility index (Phi) is 37.9. The molecule has 6 atom stereocenters. The molecule has 0 rings (SSSR count). The Hall–Kier alpha value is -2.39. The number of nitrogens with zero attached hydrogens (tertiary/aromatic N) is 2. The first-order valence-corrected chi connectivity index (χ1v) is 18.2. The molecule has 6 unspecified atom stereocenters. The number of halogens is 3. The molecule has 0 fully saturated rings. The smallest absolute Gasteiger partial charge is 0.358 e. The zero-order valence-electron chi connectivity index (χ0n) is 34.1. The van der Waals surface area contributed by atoms with Crippen molar-refractivity contribution < 1.29 is 92.1 Å². The number of carbonyl (C=O) groups is 6. The van der Waals surface area contributed by atoms with Gasteiger partial charge in [0, 0.05) is 37.9 Å². The zero-order valence-corrected chi connectivity index (χ0v) is 36.4. The summed E-state index contributed by atoms with van der Waals surface area (Å²) in [4.78, 5) is 70.1. The Morgan fingerprint density at radius 2 is 1.04 bits per heavy atom. The quantitative estimate of drug-likeness (QED) is 0.0149. The van der Waals surface area contributed by atoms with Gasteiger partial charge in [-0.15, -0.1) is 0 Å². The number of nitrogens with two attached hydrogens (primary N) is 2. The molecule has 0 spiro atoms. The number of primary amides is 2. The molecule has 0 bridgehead atoms. The second-order valence-electron chi connectivity index (χ2n) is 13.8. The summed E-state index contributed by atoms with van der Waals surface area (Å²) in [5.74, 6) is -6.39. The van der Waals surface area contributed by atoms with Gasteiger partial charge in [-0.3, -0.25) is 24.0 Å².